The first-order valence-electron chi connectivity index (χ1n) is 3.93. The summed E-state index contributed by atoms with van der Waals surface area (Å²) in [5.74, 6) is 0. The van der Waals surface area contributed by atoms with Crippen LogP contribution in [0.5, 0.6) is 0 Å². The van der Waals surface area contributed by atoms with Crippen molar-refractivity contribution in [3.8, 4) is 0 Å². The van der Waals surface area contributed by atoms with Gasteiger partial charge in [0.1, 0.15) is 0 Å². The Bertz CT molecular complexity index is 97.8. The van der Waals surface area contributed by atoms with Crippen molar-refractivity contribution in [2.75, 3.05) is 0 Å². The number of allylic oxidation sites excluding steroid dienone is 1. The fourth-order valence-electron chi connectivity index (χ4n) is 0.846. The van der Waals surface area contributed by atoms with Gasteiger partial charge in [-0.2, -0.15) is 0 Å². The number of rotatable bonds is 3. The summed E-state index contributed by atoms with van der Waals surface area (Å²) in [6.07, 6.45) is 7.29. The van der Waals surface area contributed by atoms with E-state index in [0.29, 0.717) is 5.41 Å². The minimum absolute atomic E-state index is 0.475. The minimum Gasteiger partial charge on any atom is -0.405 e. The second-order valence-corrected chi connectivity index (χ2v) is 3.88. The first-order valence-corrected chi connectivity index (χ1v) is 3.93. The molecule has 0 aliphatic heterocycles. The SMILES string of the molecule is CC(C)(C)CCC/C=C\N. The molecular weight excluding hydrogens is 122 g/mol. The molecule has 0 heterocycles. The van der Waals surface area contributed by atoms with Crippen LogP contribution in [0.25, 0.3) is 0 Å². The van der Waals surface area contributed by atoms with Gasteiger partial charge >= 0.3 is 0 Å². The molecule has 2 N–H and O–H groups in total. The lowest BCUT2D eigenvalue weighted by Crippen LogP contribution is -2.03. The molecule has 0 aliphatic carbocycles. The predicted molar refractivity (Wildman–Crippen MR) is 46.6 cm³/mol. The van der Waals surface area contributed by atoms with Crippen molar-refractivity contribution in [2.24, 2.45) is 11.1 Å². The van der Waals surface area contributed by atoms with Gasteiger partial charge in [-0.25, -0.2) is 0 Å². The molecule has 1 heteroatoms. The molecule has 0 aromatic heterocycles. The maximum absolute atomic E-state index is 5.20. The van der Waals surface area contributed by atoms with Gasteiger partial charge in [0.25, 0.3) is 0 Å². The largest absolute Gasteiger partial charge is 0.405 e. The Labute approximate surface area is 64.3 Å². The van der Waals surface area contributed by atoms with E-state index in [1.807, 2.05) is 6.08 Å². The van der Waals surface area contributed by atoms with Crippen molar-refractivity contribution < 1.29 is 0 Å². The van der Waals surface area contributed by atoms with Crippen molar-refractivity contribution in [1.29, 1.82) is 0 Å². The van der Waals surface area contributed by atoms with E-state index in [1.165, 1.54) is 12.8 Å². The van der Waals surface area contributed by atoms with Crippen LogP contribution < -0.4 is 5.73 Å². The van der Waals surface area contributed by atoms with Crippen LogP contribution in [0, 0.1) is 5.41 Å². The molecule has 0 saturated carbocycles. The van der Waals surface area contributed by atoms with Crippen molar-refractivity contribution in [3.05, 3.63) is 12.3 Å². The average Bonchev–Trinajstić information content (AvgIpc) is 1.78. The van der Waals surface area contributed by atoms with Gasteiger partial charge < -0.3 is 5.73 Å². The molecule has 0 fully saturated rings. The second kappa shape index (κ2) is 4.37. The van der Waals surface area contributed by atoms with Crippen LogP contribution in [0.1, 0.15) is 40.0 Å². The van der Waals surface area contributed by atoms with Gasteiger partial charge in [0.15, 0.2) is 0 Å². The highest BCUT2D eigenvalue weighted by molar-refractivity contribution is 4.76. The Morgan fingerprint density at radius 2 is 1.90 bits per heavy atom. The third kappa shape index (κ3) is 7.54. The van der Waals surface area contributed by atoms with Crippen LogP contribution in [-0.2, 0) is 0 Å². The second-order valence-electron chi connectivity index (χ2n) is 3.88. The Balaban J connectivity index is 3.20. The number of hydrogen-bond acceptors (Lipinski definition) is 1. The summed E-state index contributed by atoms with van der Waals surface area (Å²) in [7, 11) is 0. The van der Waals surface area contributed by atoms with E-state index in [4.69, 9.17) is 5.73 Å². The Hall–Kier alpha value is -0.460. The van der Waals surface area contributed by atoms with E-state index in [-0.39, 0.29) is 0 Å². The molecule has 10 heavy (non-hydrogen) atoms. The zero-order chi connectivity index (χ0) is 8.04. The first-order chi connectivity index (χ1) is 4.56. The summed E-state index contributed by atoms with van der Waals surface area (Å²) in [5, 5.41) is 0. The Morgan fingerprint density at radius 3 is 2.30 bits per heavy atom. The average molecular weight is 141 g/mol. The maximum Gasteiger partial charge on any atom is -0.0103 e. The summed E-state index contributed by atoms with van der Waals surface area (Å²) in [6, 6.07) is 0. The molecule has 0 amide bonds. The normalized spacial score (nSPS) is 12.7. The number of hydrogen-bond donors (Lipinski definition) is 1. The summed E-state index contributed by atoms with van der Waals surface area (Å²) >= 11 is 0. The van der Waals surface area contributed by atoms with Crippen LogP contribution in [-0.4, -0.2) is 0 Å². The van der Waals surface area contributed by atoms with Crippen LogP contribution in [0.15, 0.2) is 12.3 Å². The van der Waals surface area contributed by atoms with E-state index in [2.05, 4.69) is 20.8 Å². The van der Waals surface area contributed by atoms with Gasteiger partial charge in [-0.05, 0) is 30.9 Å². The predicted octanol–water partition coefficient (Wildman–Crippen LogP) is 2.68. The molecule has 60 valence electrons. The van der Waals surface area contributed by atoms with Crippen LogP contribution >= 0.6 is 0 Å². The molecule has 0 aromatic rings. The third-order valence-corrected chi connectivity index (χ3v) is 1.43. The smallest absolute Gasteiger partial charge is 0.0103 e. The Kier molecular flexibility index (Phi) is 4.17. The number of nitrogens with two attached hydrogens (primary N) is 1. The van der Waals surface area contributed by atoms with Crippen molar-refractivity contribution in [1.82, 2.24) is 0 Å². The molecule has 0 spiro atoms. The van der Waals surface area contributed by atoms with E-state index >= 15 is 0 Å². The standard InChI is InChI=1S/C9H19N/c1-9(2,3)7-5-4-6-8-10/h6,8H,4-5,7,10H2,1-3H3/b8-6-. The van der Waals surface area contributed by atoms with Gasteiger partial charge in [0, 0.05) is 0 Å². The third-order valence-electron chi connectivity index (χ3n) is 1.43. The van der Waals surface area contributed by atoms with Crippen molar-refractivity contribution in [2.45, 2.75) is 40.0 Å². The van der Waals surface area contributed by atoms with Gasteiger partial charge in [0.2, 0.25) is 0 Å². The van der Waals surface area contributed by atoms with Gasteiger partial charge in [-0.1, -0.05) is 26.8 Å². The highest BCUT2D eigenvalue weighted by Crippen LogP contribution is 2.21. The minimum atomic E-state index is 0.475. The summed E-state index contributed by atoms with van der Waals surface area (Å²) in [5.41, 5.74) is 5.67. The highest BCUT2D eigenvalue weighted by Gasteiger charge is 2.07. The molecule has 0 rings (SSSR count). The monoisotopic (exact) mass is 141 g/mol. The maximum atomic E-state index is 5.20. The van der Waals surface area contributed by atoms with Crippen LogP contribution in [0.4, 0.5) is 0 Å². The van der Waals surface area contributed by atoms with E-state index in [9.17, 15) is 0 Å². The highest BCUT2D eigenvalue weighted by atomic mass is 14.5. The van der Waals surface area contributed by atoms with E-state index in [1.54, 1.807) is 6.20 Å². The Morgan fingerprint density at radius 1 is 1.30 bits per heavy atom. The fraction of sp³-hybridized carbons (Fsp3) is 0.778. The molecule has 1 nitrogen and oxygen atoms in total. The molecule has 0 saturated heterocycles. The molecule has 0 radical (unpaired) electrons. The zero-order valence-electron chi connectivity index (χ0n) is 7.35. The summed E-state index contributed by atoms with van der Waals surface area (Å²) in [6.45, 7) is 6.79. The van der Waals surface area contributed by atoms with Crippen LogP contribution in [0.2, 0.25) is 0 Å². The first kappa shape index (κ1) is 9.54. The van der Waals surface area contributed by atoms with Crippen LogP contribution in [0.3, 0.4) is 0 Å². The van der Waals surface area contributed by atoms with Crippen molar-refractivity contribution in [3.63, 3.8) is 0 Å². The molecule has 0 unspecified atom stereocenters. The number of unbranched alkanes of at least 4 members (excludes halogenated alkanes) is 1. The van der Waals surface area contributed by atoms with Gasteiger partial charge in [-0.3, -0.25) is 0 Å². The quantitative estimate of drug-likeness (QED) is 0.601. The lowest BCUT2D eigenvalue weighted by atomic mass is 9.90. The topological polar surface area (TPSA) is 26.0 Å². The molecular formula is C9H19N. The molecule has 0 bridgehead atoms. The van der Waals surface area contributed by atoms with Crippen molar-refractivity contribution >= 4 is 0 Å². The fourth-order valence-corrected chi connectivity index (χ4v) is 0.846. The van der Waals surface area contributed by atoms with E-state index in [0.717, 1.165) is 6.42 Å². The zero-order valence-corrected chi connectivity index (χ0v) is 7.35. The summed E-state index contributed by atoms with van der Waals surface area (Å²) < 4.78 is 0. The lowest BCUT2D eigenvalue weighted by Gasteiger charge is -2.16. The summed E-state index contributed by atoms with van der Waals surface area (Å²) in [4.78, 5) is 0. The lowest BCUT2D eigenvalue weighted by molar-refractivity contribution is 0.367. The van der Waals surface area contributed by atoms with E-state index < -0.39 is 0 Å². The molecule has 0 aliphatic rings. The van der Waals surface area contributed by atoms with Gasteiger partial charge in [0.05, 0.1) is 0 Å². The van der Waals surface area contributed by atoms with Gasteiger partial charge in [-0.15, -0.1) is 0 Å². The molecule has 0 aromatic carbocycles. The molecule has 0 atom stereocenters.